The van der Waals surface area contributed by atoms with Crippen LogP contribution in [0.3, 0.4) is 0 Å². The number of allylic oxidation sites excluding steroid dienone is 1. The van der Waals surface area contributed by atoms with Gasteiger partial charge in [-0.1, -0.05) is 31.9 Å². The van der Waals surface area contributed by atoms with Crippen LogP contribution in [-0.4, -0.2) is 58.8 Å². The van der Waals surface area contributed by atoms with Gasteiger partial charge in [0.1, 0.15) is 0 Å². The quantitative estimate of drug-likeness (QED) is 0.212. The SMILES string of the molecule is CCCC/C=C/CC[N+](CCCC(=O)[O-])(CCCC(=O)O)CCCC(=O)O. The molecule has 0 spiro atoms. The summed E-state index contributed by atoms with van der Waals surface area (Å²) in [7, 11) is 0. The molecular weight excluding hydrogens is 350 g/mol. The Morgan fingerprint density at radius 2 is 1.26 bits per heavy atom. The molecule has 0 aromatic carbocycles. The van der Waals surface area contributed by atoms with E-state index < -0.39 is 17.9 Å². The van der Waals surface area contributed by atoms with Crippen molar-refractivity contribution < 1.29 is 34.2 Å². The third-order valence-corrected chi connectivity index (χ3v) is 4.72. The van der Waals surface area contributed by atoms with Gasteiger partial charge in [0.25, 0.3) is 0 Å². The predicted octanol–water partition coefficient (Wildman–Crippen LogP) is 2.20. The largest absolute Gasteiger partial charge is 0.550 e. The van der Waals surface area contributed by atoms with Crippen LogP contribution in [0.1, 0.15) is 71.1 Å². The van der Waals surface area contributed by atoms with E-state index in [1.165, 1.54) is 0 Å². The van der Waals surface area contributed by atoms with Crippen LogP contribution < -0.4 is 5.11 Å². The van der Waals surface area contributed by atoms with Crippen molar-refractivity contribution >= 4 is 17.9 Å². The Morgan fingerprint density at radius 1 is 0.778 bits per heavy atom. The molecule has 0 unspecified atom stereocenters. The fraction of sp³-hybridized carbons (Fsp3) is 0.750. The van der Waals surface area contributed by atoms with E-state index in [4.69, 9.17) is 10.2 Å². The molecule has 0 aromatic rings. The number of aliphatic carboxylic acids is 3. The first-order chi connectivity index (χ1) is 12.8. The Labute approximate surface area is 162 Å². The molecule has 0 amide bonds. The average Bonchev–Trinajstić information content (AvgIpc) is 2.57. The molecule has 7 nitrogen and oxygen atoms in total. The number of carbonyl (C=O) groups is 3. The summed E-state index contributed by atoms with van der Waals surface area (Å²) in [5, 5.41) is 28.6. The van der Waals surface area contributed by atoms with Crippen molar-refractivity contribution in [3.8, 4) is 0 Å². The summed E-state index contributed by atoms with van der Waals surface area (Å²) in [5.41, 5.74) is 0. The van der Waals surface area contributed by atoms with Crippen LogP contribution in [0.5, 0.6) is 0 Å². The van der Waals surface area contributed by atoms with E-state index in [0.717, 1.165) is 32.2 Å². The van der Waals surface area contributed by atoms with E-state index in [1.54, 1.807) is 0 Å². The Hall–Kier alpha value is -1.89. The van der Waals surface area contributed by atoms with Gasteiger partial charge in [0.15, 0.2) is 0 Å². The van der Waals surface area contributed by atoms with Crippen molar-refractivity contribution in [2.75, 3.05) is 26.2 Å². The van der Waals surface area contributed by atoms with Crippen LogP contribution in [0.2, 0.25) is 0 Å². The number of quaternary nitrogens is 1. The van der Waals surface area contributed by atoms with E-state index in [2.05, 4.69) is 19.1 Å². The molecule has 0 atom stereocenters. The van der Waals surface area contributed by atoms with Crippen LogP contribution in [0, 0.1) is 0 Å². The number of nitrogens with zero attached hydrogens (tertiary/aromatic N) is 1. The molecule has 0 saturated carbocycles. The van der Waals surface area contributed by atoms with Gasteiger partial charge in [-0.2, -0.15) is 0 Å². The van der Waals surface area contributed by atoms with Crippen molar-refractivity contribution in [1.29, 1.82) is 0 Å². The fourth-order valence-corrected chi connectivity index (χ4v) is 3.27. The van der Waals surface area contributed by atoms with Crippen molar-refractivity contribution in [2.24, 2.45) is 0 Å². The highest BCUT2D eigenvalue weighted by molar-refractivity contribution is 5.66. The molecule has 0 radical (unpaired) electrons. The van der Waals surface area contributed by atoms with Gasteiger partial charge in [0.2, 0.25) is 0 Å². The lowest BCUT2D eigenvalue weighted by molar-refractivity contribution is -0.928. The van der Waals surface area contributed by atoms with Gasteiger partial charge in [0, 0.05) is 31.7 Å². The predicted molar refractivity (Wildman–Crippen MR) is 101 cm³/mol. The number of unbranched alkanes of at least 4 members (excludes halogenated alkanes) is 2. The van der Waals surface area contributed by atoms with Crippen LogP contribution in [-0.2, 0) is 14.4 Å². The highest BCUT2D eigenvalue weighted by Gasteiger charge is 2.26. The van der Waals surface area contributed by atoms with Crippen molar-refractivity contribution in [3.63, 3.8) is 0 Å². The molecule has 156 valence electrons. The Balaban J connectivity index is 4.95. The normalized spacial score (nSPS) is 11.7. The molecule has 2 N–H and O–H groups in total. The molecule has 0 aliphatic rings. The van der Waals surface area contributed by atoms with Crippen molar-refractivity contribution in [3.05, 3.63) is 12.2 Å². The Kier molecular flexibility index (Phi) is 14.1. The smallest absolute Gasteiger partial charge is 0.303 e. The molecule has 0 aliphatic carbocycles. The van der Waals surface area contributed by atoms with Crippen LogP contribution in [0.4, 0.5) is 0 Å². The second kappa shape index (κ2) is 15.2. The lowest BCUT2D eigenvalue weighted by Gasteiger charge is -2.39. The van der Waals surface area contributed by atoms with E-state index in [1.807, 2.05) is 0 Å². The van der Waals surface area contributed by atoms with Crippen LogP contribution in [0.15, 0.2) is 12.2 Å². The highest BCUT2D eigenvalue weighted by atomic mass is 16.4. The monoisotopic (exact) mass is 385 g/mol. The first kappa shape index (κ1) is 25.1. The van der Waals surface area contributed by atoms with Crippen molar-refractivity contribution in [2.45, 2.75) is 71.1 Å². The number of hydrogen-bond donors (Lipinski definition) is 2. The molecule has 0 saturated heterocycles. The second-order valence-corrected chi connectivity index (χ2v) is 7.11. The van der Waals surface area contributed by atoms with Gasteiger partial charge in [0.05, 0.1) is 39.0 Å². The maximum Gasteiger partial charge on any atom is 0.303 e. The average molecular weight is 386 g/mol. The maximum atomic E-state index is 10.9. The van der Waals surface area contributed by atoms with Crippen molar-refractivity contribution in [1.82, 2.24) is 0 Å². The summed E-state index contributed by atoms with van der Waals surface area (Å²) in [6, 6.07) is 0. The standard InChI is InChI=1S/C20H35NO6/c1-2-3-4-5-6-7-14-21(15-8-11-18(22)23,16-9-12-19(24)25)17-10-13-20(26)27/h5-6H,2-4,7-17H2,1H3,(H2-,22,23,24,25,26,27)/b6-5+. The minimum Gasteiger partial charge on any atom is -0.550 e. The third kappa shape index (κ3) is 14.9. The summed E-state index contributed by atoms with van der Waals surface area (Å²) in [6.45, 7) is 4.71. The number of carbonyl (C=O) groups excluding carboxylic acids is 1. The molecule has 0 aliphatic heterocycles. The summed E-state index contributed by atoms with van der Waals surface area (Å²) in [4.78, 5) is 32.5. The summed E-state index contributed by atoms with van der Waals surface area (Å²) in [6.07, 6.45) is 9.90. The van der Waals surface area contributed by atoms with Gasteiger partial charge in [-0.3, -0.25) is 9.59 Å². The Bertz CT molecular complexity index is 425. The summed E-state index contributed by atoms with van der Waals surface area (Å²) < 4.78 is 0.561. The fourth-order valence-electron chi connectivity index (χ4n) is 3.27. The Morgan fingerprint density at radius 3 is 1.70 bits per heavy atom. The highest BCUT2D eigenvalue weighted by Crippen LogP contribution is 2.16. The first-order valence-corrected chi connectivity index (χ1v) is 9.95. The van der Waals surface area contributed by atoms with Crippen LogP contribution in [0.25, 0.3) is 0 Å². The molecule has 0 heterocycles. The maximum absolute atomic E-state index is 10.9. The minimum atomic E-state index is -1.09. The zero-order valence-electron chi connectivity index (χ0n) is 16.5. The van der Waals surface area contributed by atoms with E-state index in [9.17, 15) is 19.5 Å². The molecule has 7 heteroatoms. The second-order valence-electron chi connectivity index (χ2n) is 7.11. The summed E-state index contributed by atoms with van der Waals surface area (Å²) >= 11 is 0. The van der Waals surface area contributed by atoms with Crippen LogP contribution >= 0.6 is 0 Å². The zero-order chi connectivity index (χ0) is 20.5. The summed E-state index contributed by atoms with van der Waals surface area (Å²) in [5.74, 6) is -2.80. The molecule has 0 rings (SSSR count). The number of carboxylic acid groups (broad SMARTS) is 3. The molecular formula is C20H35NO6. The molecule has 27 heavy (non-hydrogen) atoms. The van der Waals surface area contributed by atoms with E-state index >= 15 is 0 Å². The van der Waals surface area contributed by atoms with Gasteiger partial charge < -0.3 is 24.6 Å². The number of carboxylic acids is 3. The number of rotatable bonds is 18. The minimum absolute atomic E-state index is 0.0375. The van der Waals surface area contributed by atoms with E-state index in [0.29, 0.717) is 43.4 Å². The lowest BCUT2D eigenvalue weighted by Crippen LogP contribution is -2.51. The third-order valence-electron chi connectivity index (χ3n) is 4.72. The lowest BCUT2D eigenvalue weighted by atomic mass is 10.1. The molecule has 0 aromatic heterocycles. The zero-order valence-corrected chi connectivity index (χ0v) is 16.5. The van der Waals surface area contributed by atoms with Gasteiger partial charge in [-0.15, -0.1) is 0 Å². The number of hydrogen-bond acceptors (Lipinski definition) is 4. The molecule has 0 bridgehead atoms. The topological polar surface area (TPSA) is 115 Å². The molecule has 0 fully saturated rings. The van der Waals surface area contributed by atoms with E-state index in [-0.39, 0.29) is 19.3 Å². The van der Waals surface area contributed by atoms with Gasteiger partial charge in [-0.05, 0) is 12.8 Å². The van der Waals surface area contributed by atoms with Gasteiger partial charge >= 0.3 is 11.9 Å². The first-order valence-electron chi connectivity index (χ1n) is 9.95. The van der Waals surface area contributed by atoms with Gasteiger partial charge in [-0.25, -0.2) is 0 Å².